The normalized spacial score (nSPS) is 22.2. The summed E-state index contributed by atoms with van der Waals surface area (Å²) in [6, 6.07) is 9.99. The van der Waals surface area contributed by atoms with E-state index in [1.165, 1.54) is 17.0 Å². The molecule has 24 heavy (non-hydrogen) atoms. The quantitative estimate of drug-likeness (QED) is 0.456. The summed E-state index contributed by atoms with van der Waals surface area (Å²) in [4.78, 5) is 26.2. The van der Waals surface area contributed by atoms with Crippen molar-refractivity contribution in [2.75, 3.05) is 13.1 Å². The van der Waals surface area contributed by atoms with Gasteiger partial charge in [-0.05, 0) is 43.6 Å². The zero-order valence-corrected chi connectivity index (χ0v) is 17.3. The van der Waals surface area contributed by atoms with Crippen LogP contribution >= 0.6 is 0 Å². The summed E-state index contributed by atoms with van der Waals surface area (Å²) in [5.41, 5.74) is 1.12. The monoisotopic (exact) mass is 360 g/mol. The Balaban J connectivity index is 1.55. The third kappa shape index (κ3) is 3.02. The van der Waals surface area contributed by atoms with Crippen molar-refractivity contribution in [1.29, 1.82) is 0 Å². The highest BCUT2D eigenvalue weighted by molar-refractivity contribution is 6.95. The largest absolute Gasteiger partial charge is 0.345 e. The van der Waals surface area contributed by atoms with E-state index >= 15 is 0 Å². The first-order valence-electron chi connectivity index (χ1n) is 8.97. The lowest BCUT2D eigenvalue weighted by molar-refractivity contribution is 0.0651. The third-order valence-electron chi connectivity index (χ3n) is 5.70. The topological polar surface area (TPSA) is 40.6 Å². The number of benzene rings is 1. The predicted octanol–water partition coefficient (Wildman–Crippen LogP) is 3.79. The van der Waals surface area contributed by atoms with E-state index in [0.29, 0.717) is 17.7 Å². The SMILES string of the molecule is C[Si]1(C)CC[Si](C)(C)N1CCCCN1C(=O)c2ccccc2C1=O. The van der Waals surface area contributed by atoms with Crippen LogP contribution in [0.4, 0.5) is 0 Å². The van der Waals surface area contributed by atoms with Crippen molar-refractivity contribution in [3.05, 3.63) is 35.4 Å². The summed E-state index contributed by atoms with van der Waals surface area (Å²) in [5.74, 6) is -0.248. The molecule has 0 unspecified atom stereocenters. The van der Waals surface area contributed by atoms with Gasteiger partial charge in [0.05, 0.1) is 11.1 Å². The van der Waals surface area contributed by atoms with Gasteiger partial charge in [0.25, 0.3) is 11.8 Å². The van der Waals surface area contributed by atoms with E-state index in [4.69, 9.17) is 0 Å². The Bertz CT molecular complexity index is 622. The minimum atomic E-state index is -1.22. The predicted molar refractivity (Wildman–Crippen MR) is 102 cm³/mol. The first-order chi connectivity index (χ1) is 11.2. The van der Waals surface area contributed by atoms with Crippen molar-refractivity contribution in [2.45, 2.75) is 51.1 Å². The van der Waals surface area contributed by atoms with Gasteiger partial charge in [-0.25, -0.2) is 0 Å². The standard InChI is InChI=1S/C18H28N2O2Si2/c1-23(2)13-14-24(3,4)20(23)12-8-7-11-19-17(21)15-9-5-6-10-16(15)18(19)22/h5-6,9-10H,7-8,11-14H2,1-4H3. The molecule has 0 radical (unpaired) electrons. The van der Waals surface area contributed by atoms with E-state index in [9.17, 15) is 9.59 Å². The van der Waals surface area contributed by atoms with E-state index in [2.05, 4.69) is 30.4 Å². The van der Waals surface area contributed by atoms with Gasteiger partial charge in [0.2, 0.25) is 0 Å². The first kappa shape index (κ1) is 17.6. The molecule has 0 spiro atoms. The summed E-state index contributed by atoms with van der Waals surface area (Å²) in [6.45, 7) is 11.6. The third-order valence-corrected chi connectivity index (χ3v) is 16.2. The summed E-state index contributed by atoms with van der Waals surface area (Å²) >= 11 is 0. The fraction of sp³-hybridized carbons (Fsp3) is 0.556. The Morgan fingerprint density at radius 3 is 1.79 bits per heavy atom. The van der Waals surface area contributed by atoms with Crippen molar-refractivity contribution in [3.8, 4) is 0 Å². The molecule has 2 aliphatic heterocycles. The zero-order chi connectivity index (χ0) is 17.5. The molecule has 1 fully saturated rings. The van der Waals surface area contributed by atoms with Gasteiger partial charge in [-0.15, -0.1) is 0 Å². The van der Waals surface area contributed by atoms with Crippen LogP contribution in [0.15, 0.2) is 24.3 Å². The Labute approximate surface area is 147 Å². The Morgan fingerprint density at radius 1 is 0.833 bits per heavy atom. The Kier molecular flexibility index (Phi) is 4.57. The van der Waals surface area contributed by atoms with Crippen LogP contribution in [0.5, 0.6) is 0 Å². The van der Waals surface area contributed by atoms with Gasteiger partial charge in [0, 0.05) is 6.54 Å². The van der Waals surface area contributed by atoms with E-state index in [-0.39, 0.29) is 11.8 Å². The summed E-state index contributed by atoms with van der Waals surface area (Å²) < 4.78 is 2.86. The second kappa shape index (κ2) is 6.24. The van der Waals surface area contributed by atoms with Crippen LogP contribution in [0.25, 0.3) is 0 Å². The fourth-order valence-corrected chi connectivity index (χ4v) is 18.5. The fourth-order valence-electron chi connectivity index (χ4n) is 4.29. The van der Waals surface area contributed by atoms with Crippen LogP contribution in [0, 0.1) is 0 Å². The molecular formula is C18H28N2O2Si2. The average Bonchev–Trinajstić information content (AvgIpc) is 2.89. The number of carbonyl (C=O) groups excluding carboxylic acids is 2. The number of hydrogen-bond donors (Lipinski definition) is 0. The van der Waals surface area contributed by atoms with Crippen LogP contribution in [0.2, 0.25) is 38.3 Å². The molecule has 2 amide bonds. The maximum atomic E-state index is 12.4. The van der Waals surface area contributed by atoms with Crippen molar-refractivity contribution < 1.29 is 9.59 Å². The molecule has 0 saturated carbocycles. The van der Waals surface area contributed by atoms with Gasteiger partial charge < -0.3 is 4.23 Å². The van der Waals surface area contributed by atoms with Crippen LogP contribution in [-0.2, 0) is 0 Å². The van der Waals surface area contributed by atoms with Gasteiger partial charge in [0.15, 0.2) is 0 Å². The molecule has 0 bridgehead atoms. The highest BCUT2D eigenvalue weighted by Crippen LogP contribution is 2.36. The van der Waals surface area contributed by atoms with Gasteiger partial charge in [-0.1, -0.05) is 38.3 Å². The average molecular weight is 361 g/mol. The second-order valence-corrected chi connectivity index (χ2v) is 18.1. The van der Waals surface area contributed by atoms with Gasteiger partial charge in [-0.2, -0.15) is 0 Å². The first-order valence-corrected chi connectivity index (χ1v) is 15.3. The molecule has 2 aliphatic rings. The zero-order valence-electron chi connectivity index (χ0n) is 15.3. The summed E-state index contributed by atoms with van der Waals surface area (Å²) in [7, 11) is -2.44. The van der Waals surface area contributed by atoms with Crippen LogP contribution in [0.1, 0.15) is 33.6 Å². The molecule has 0 aromatic heterocycles. The minimum Gasteiger partial charge on any atom is -0.345 e. The highest BCUT2D eigenvalue weighted by Gasteiger charge is 2.46. The maximum absolute atomic E-state index is 12.4. The van der Waals surface area contributed by atoms with E-state index in [0.717, 1.165) is 19.4 Å². The number of imide groups is 1. The molecule has 4 nitrogen and oxygen atoms in total. The number of amides is 2. The lowest BCUT2D eigenvalue weighted by atomic mass is 10.1. The van der Waals surface area contributed by atoms with Crippen molar-refractivity contribution >= 4 is 28.3 Å². The lowest BCUT2D eigenvalue weighted by Crippen LogP contribution is -2.55. The van der Waals surface area contributed by atoms with Crippen molar-refractivity contribution in [2.24, 2.45) is 0 Å². The van der Waals surface area contributed by atoms with E-state index in [1.54, 1.807) is 12.1 Å². The number of carbonyl (C=O) groups is 2. The van der Waals surface area contributed by atoms with E-state index in [1.807, 2.05) is 12.1 Å². The van der Waals surface area contributed by atoms with Crippen molar-refractivity contribution in [3.63, 3.8) is 0 Å². The van der Waals surface area contributed by atoms with Gasteiger partial charge >= 0.3 is 0 Å². The van der Waals surface area contributed by atoms with Crippen LogP contribution < -0.4 is 0 Å². The Hall–Kier alpha value is -1.25. The summed E-state index contributed by atoms with van der Waals surface area (Å²) in [6.07, 6.45) is 1.97. The number of unbranched alkanes of at least 4 members (excludes halogenated alkanes) is 1. The molecule has 130 valence electrons. The molecule has 6 heteroatoms. The number of nitrogens with zero attached hydrogens (tertiary/aromatic N) is 2. The smallest absolute Gasteiger partial charge is 0.261 e. The molecule has 3 rings (SSSR count). The molecule has 1 aromatic rings. The highest BCUT2D eigenvalue weighted by atomic mass is 28.4. The molecule has 0 N–H and O–H groups in total. The second-order valence-electron chi connectivity index (χ2n) is 8.29. The summed E-state index contributed by atoms with van der Waals surface area (Å²) in [5, 5.41) is 0. The molecule has 0 atom stereocenters. The number of rotatable bonds is 5. The van der Waals surface area contributed by atoms with Crippen LogP contribution in [-0.4, -0.2) is 50.5 Å². The maximum Gasteiger partial charge on any atom is 0.261 e. The lowest BCUT2D eigenvalue weighted by Gasteiger charge is -2.39. The van der Waals surface area contributed by atoms with E-state index < -0.39 is 16.5 Å². The molecular weight excluding hydrogens is 332 g/mol. The molecule has 2 heterocycles. The van der Waals surface area contributed by atoms with Crippen molar-refractivity contribution in [1.82, 2.24) is 9.13 Å². The van der Waals surface area contributed by atoms with Crippen LogP contribution in [0.3, 0.4) is 0 Å². The number of fused-ring (bicyclic) bond motifs is 1. The number of hydrogen-bond acceptors (Lipinski definition) is 3. The van der Waals surface area contributed by atoms with Gasteiger partial charge in [-0.3, -0.25) is 14.5 Å². The molecule has 1 saturated heterocycles. The minimum absolute atomic E-state index is 0.124. The Morgan fingerprint density at radius 2 is 1.29 bits per heavy atom. The molecule has 0 aliphatic carbocycles. The molecule has 1 aromatic carbocycles. The van der Waals surface area contributed by atoms with Gasteiger partial charge in [0.1, 0.15) is 16.5 Å².